The van der Waals surface area contributed by atoms with Crippen molar-refractivity contribution in [2.75, 3.05) is 0 Å². The van der Waals surface area contributed by atoms with E-state index in [0.29, 0.717) is 17.5 Å². The molecule has 0 atom stereocenters. The van der Waals surface area contributed by atoms with Crippen molar-refractivity contribution in [3.05, 3.63) is 170 Å². The van der Waals surface area contributed by atoms with Gasteiger partial charge in [-0.1, -0.05) is 140 Å². The van der Waals surface area contributed by atoms with Gasteiger partial charge in [0.05, 0.1) is 21.4 Å². The number of rotatable bonds is 4. The van der Waals surface area contributed by atoms with Gasteiger partial charge in [0, 0.05) is 42.9 Å². The summed E-state index contributed by atoms with van der Waals surface area (Å²) in [4.78, 5) is 15.4. The summed E-state index contributed by atoms with van der Waals surface area (Å²) in [6.45, 7) is 0. The zero-order chi connectivity index (χ0) is 34.2. The second-order valence-electron chi connectivity index (χ2n) is 13.2. The SMILES string of the molecule is c1ccc(-c2nc(-c3ccccc3)nc(-c3cc4ccccc4c4c3sc3c(-n5c6ccccc6c6cc7ccccc7cc65)cccc34)n2)cc1. The molecule has 0 aliphatic carbocycles. The third-order valence-corrected chi connectivity index (χ3v) is 11.5. The number of para-hydroxylation sites is 1. The topological polar surface area (TPSA) is 43.6 Å². The second kappa shape index (κ2) is 11.4. The van der Waals surface area contributed by atoms with Gasteiger partial charge in [0.1, 0.15) is 0 Å². The molecule has 0 N–H and O–H groups in total. The van der Waals surface area contributed by atoms with E-state index in [9.17, 15) is 0 Å². The van der Waals surface area contributed by atoms with Crippen molar-refractivity contribution in [3.63, 3.8) is 0 Å². The molecule has 0 saturated carbocycles. The highest BCUT2D eigenvalue weighted by Gasteiger charge is 2.22. The van der Waals surface area contributed by atoms with Crippen molar-refractivity contribution < 1.29 is 0 Å². The van der Waals surface area contributed by atoms with Gasteiger partial charge in [0.2, 0.25) is 0 Å². The minimum atomic E-state index is 0.657. The number of aromatic nitrogens is 4. The molecule has 52 heavy (non-hydrogen) atoms. The Hall–Kier alpha value is -6.69. The lowest BCUT2D eigenvalue weighted by Gasteiger charge is -2.11. The Kier molecular flexibility index (Phi) is 6.39. The zero-order valence-electron chi connectivity index (χ0n) is 27.9. The lowest BCUT2D eigenvalue weighted by molar-refractivity contribution is 1.08. The molecule has 11 aromatic rings. The molecular formula is C47H28N4S. The van der Waals surface area contributed by atoms with E-state index < -0.39 is 0 Å². The largest absolute Gasteiger partial charge is 0.308 e. The van der Waals surface area contributed by atoms with Gasteiger partial charge in [0.15, 0.2) is 17.5 Å². The Morgan fingerprint density at radius 1 is 0.385 bits per heavy atom. The third kappa shape index (κ3) is 4.43. The summed E-state index contributed by atoms with van der Waals surface area (Å²) in [5.74, 6) is 1.98. The van der Waals surface area contributed by atoms with Crippen LogP contribution in [0.3, 0.4) is 0 Å². The van der Waals surface area contributed by atoms with Gasteiger partial charge < -0.3 is 4.57 Å². The summed E-state index contributed by atoms with van der Waals surface area (Å²) in [6, 6.07) is 60.2. The molecule has 0 spiro atoms. The molecule has 0 fully saturated rings. The molecule has 8 aromatic carbocycles. The molecule has 0 radical (unpaired) electrons. The molecule has 3 heterocycles. The molecule has 4 nitrogen and oxygen atoms in total. The number of thiophene rings is 1. The van der Waals surface area contributed by atoms with Crippen LogP contribution in [0.5, 0.6) is 0 Å². The molecule has 0 amide bonds. The van der Waals surface area contributed by atoms with E-state index in [4.69, 9.17) is 15.0 Å². The predicted octanol–water partition coefficient (Wildman–Crippen LogP) is 12.6. The minimum Gasteiger partial charge on any atom is -0.308 e. The van der Waals surface area contributed by atoms with Crippen LogP contribution in [-0.2, 0) is 0 Å². The third-order valence-electron chi connectivity index (χ3n) is 10.2. The van der Waals surface area contributed by atoms with Crippen molar-refractivity contribution in [1.82, 2.24) is 19.5 Å². The zero-order valence-corrected chi connectivity index (χ0v) is 28.7. The lowest BCUT2D eigenvalue weighted by Crippen LogP contribution is -2.00. The fraction of sp³-hybridized carbons (Fsp3) is 0. The molecule has 0 bridgehead atoms. The molecule has 0 aliphatic rings. The Bertz CT molecular complexity index is 3120. The lowest BCUT2D eigenvalue weighted by atomic mass is 9.99. The summed E-state index contributed by atoms with van der Waals surface area (Å²) in [5, 5.41) is 9.81. The van der Waals surface area contributed by atoms with Crippen LogP contribution in [0.2, 0.25) is 0 Å². The van der Waals surface area contributed by atoms with Crippen molar-refractivity contribution in [2.24, 2.45) is 0 Å². The van der Waals surface area contributed by atoms with Gasteiger partial charge in [-0.25, -0.2) is 15.0 Å². The molecule has 0 unspecified atom stereocenters. The summed E-state index contributed by atoms with van der Waals surface area (Å²) in [7, 11) is 0. The first kappa shape index (κ1) is 29.1. The van der Waals surface area contributed by atoms with Crippen LogP contribution in [0.15, 0.2) is 170 Å². The van der Waals surface area contributed by atoms with Gasteiger partial charge in [-0.2, -0.15) is 0 Å². The van der Waals surface area contributed by atoms with E-state index in [0.717, 1.165) is 26.8 Å². The predicted molar refractivity (Wildman–Crippen MR) is 218 cm³/mol. The normalized spacial score (nSPS) is 11.8. The standard InChI is InChI=1S/C47H28N4S/c1-3-14-29(15-4-1)45-48-46(30-16-5-2-6-17-30)50-47(49-45)38-27-33-20-9-10-21-34(33)42-36-23-13-25-40(43(36)52-44(38)42)51-39-24-12-11-22-35(39)37-26-31-18-7-8-19-32(31)28-41(37)51/h1-28H. The number of benzene rings is 8. The fourth-order valence-corrected chi connectivity index (χ4v) is 9.15. The van der Waals surface area contributed by atoms with E-state index in [1.165, 1.54) is 59.1 Å². The summed E-state index contributed by atoms with van der Waals surface area (Å²) >= 11 is 1.83. The minimum absolute atomic E-state index is 0.657. The second-order valence-corrected chi connectivity index (χ2v) is 14.2. The van der Waals surface area contributed by atoms with Crippen LogP contribution in [0.25, 0.3) is 103 Å². The quantitative estimate of drug-likeness (QED) is 0.186. The van der Waals surface area contributed by atoms with Gasteiger partial charge in [-0.3, -0.25) is 0 Å². The molecular weight excluding hydrogens is 653 g/mol. The van der Waals surface area contributed by atoms with E-state index in [-0.39, 0.29) is 0 Å². The molecule has 11 rings (SSSR count). The molecule has 3 aromatic heterocycles. The maximum atomic E-state index is 5.19. The van der Waals surface area contributed by atoms with Gasteiger partial charge in [0.25, 0.3) is 0 Å². The Morgan fingerprint density at radius 2 is 0.962 bits per heavy atom. The van der Waals surface area contributed by atoms with E-state index in [2.05, 4.69) is 138 Å². The maximum Gasteiger partial charge on any atom is 0.165 e. The maximum absolute atomic E-state index is 5.19. The average Bonchev–Trinajstić information content (AvgIpc) is 3.76. The fourth-order valence-electron chi connectivity index (χ4n) is 7.82. The van der Waals surface area contributed by atoms with Gasteiger partial charge in [-0.15, -0.1) is 11.3 Å². The van der Waals surface area contributed by atoms with Crippen LogP contribution < -0.4 is 0 Å². The summed E-state index contributed by atoms with van der Waals surface area (Å²) in [5.41, 5.74) is 6.48. The molecule has 5 heteroatoms. The van der Waals surface area contributed by atoms with Gasteiger partial charge in [-0.05, 0) is 51.9 Å². The number of fused-ring (bicyclic) bond motifs is 9. The Labute approximate surface area is 302 Å². The van der Waals surface area contributed by atoms with Crippen LogP contribution in [0, 0.1) is 0 Å². The smallest absolute Gasteiger partial charge is 0.165 e. The van der Waals surface area contributed by atoms with Crippen molar-refractivity contribution in [2.45, 2.75) is 0 Å². The molecule has 0 saturated heterocycles. The van der Waals surface area contributed by atoms with Crippen LogP contribution in [0.1, 0.15) is 0 Å². The van der Waals surface area contributed by atoms with Crippen LogP contribution in [0.4, 0.5) is 0 Å². The van der Waals surface area contributed by atoms with E-state index in [1.54, 1.807) is 0 Å². The first-order chi connectivity index (χ1) is 25.8. The van der Waals surface area contributed by atoms with Crippen molar-refractivity contribution in [3.8, 4) is 39.9 Å². The summed E-state index contributed by atoms with van der Waals surface area (Å²) < 4.78 is 4.85. The van der Waals surface area contributed by atoms with Crippen LogP contribution >= 0.6 is 11.3 Å². The average molecular weight is 681 g/mol. The summed E-state index contributed by atoms with van der Waals surface area (Å²) in [6.07, 6.45) is 0. The molecule has 242 valence electrons. The highest BCUT2D eigenvalue weighted by molar-refractivity contribution is 7.27. The highest BCUT2D eigenvalue weighted by Crippen LogP contribution is 2.47. The first-order valence-corrected chi connectivity index (χ1v) is 18.3. The number of nitrogens with zero attached hydrogens (tertiary/aromatic N) is 4. The number of hydrogen-bond acceptors (Lipinski definition) is 4. The van der Waals surface area contributed by atoms with E-state index in [1.807, 2.05) is 47.7 Å². The van der Waals surface area contributed by atoms with Crippen LogP contribution in [-0.4, -0.2) is 19.5 Å². The number of hydrogen-bond donors (Lipinski definition) is 0. The molecule has 0 aliphatic heterocycles. The van der Waals surface area contributed by atoms with E-state index >= 15 is 0 Å². The Balaban J connectivity index is 1.24. The van der Waals surface area contributed by atoms with Crippen molar-refractivity contribution in [1.29, 1.82) is 0 Å². The monoisotopic (exact) mass is 680 g/mol. The first-order valence-electron chi connectivity index (χ1n) is 17.5. The van der Waals surface area contributed by atoms with Crippen molar-refractivity contribution >= 4 is 74.9 Å². The Morgan fingerprint density at radius 3 is 1.69 bits per heavy atom. The highest BCUT2D eigenvalue weighted by atomic mass is 32.1. The van der Waals surface area contributed by atoms with Gasteiger partial charge >= 0.3 is 0 Å².